The first-order valence-corrected chi connectivity index (χ1v) is 3.48. The van der Waals surface area contributed by atoms with Crippen LogP contribution in [-0.2, 0) is 11.3 Å². The molecule has 1 rings (SSSR count). The van der Waals surface area contributed by atoms with Crippen LogP contribution >= 0.6 is 0 Å². The zero-order valence-corrected chi connectivity index (χ0v) is 6.93. The second kappa shape index (κ2) is 3.21. The van der Waals surface area contributed by atoms with E-state index in [1.165, 1.54) is 10.7 Å². The van der Waals surface area contributed by atoms with Gasteiger partial charge in [-0.05, 0) is 11.8 Å². The molecule has 1 aromatic heterocycles. The molecule has 0 fully saturated rings. The molecule has 0 bridgehead atoms. The molecule has 70 valence electrons. The van der Waals surface area contributed by atoms with Gasteiger partial charge in [0, 0.05) is 0 Å². The lowest BCUT2D eigenvalue weighted by Gasteiger charge is -1.92. The fourth-order valence-corrected chi connectivity index (χ4v) is 0.890. The summed E-state index contributed by atoms with van der Waals surface area (Å²) >= 11 is 0. The van der Waals surface area contributed by atoms with Crippen molar-refractivity contribution in [1.82, 2.24) is 9.78 Å². The molecule has 0 aliphatic rings. The van der Waals surface area contributed by atoms with E-state index in [0.29, 0.717) is 5.69 Å². The van der Waals surface area contributed by atoms with Gasteiger partial charge in [-0.3, -0.25) is 4.79 Å². The molecule has 2 N–H and O–H groups in total. The number of amides is 1. The van der Waals surface area contributed by atoms with E-state index in [0.717, 1.165) is 0 Å². The molecule has 1 heterocycles. The first kappa shape index (κ1) is 9.17. The topological polar surface area (TPSA) is 104 Å². The molecule has 0 unspecified atom stereocenters. The first-order chi connectivity index (χ1) is 6.00. The van der Waals surface area contributed by atoms with Gasteiger partial charge in [0.15, 0.2) is 0 Å². The van der Waals surface area contributed by atoms with Crippen molar-refractivity contribution in [2.24, 2.45) is 5.73 Å². The highest BCUT2D eigenvalue weighted by molar-refractivity contribution is 5.73. The third-order valence-electron chi connectivity index (χ3n) is 1.46. The van der Waals surface area contributed by atoms with Crippen LogP contribution in [0, 0.1) is 17.0 Å². The molecule has 0 spiro atoms. The maximum atomic E-state index is 10.5. The van der Waals surface area contributed by atoms with Crippen molar-refractivity contribution in [3.63, 3.8) is 0 Å². The van der Waals surface area contributed by atoms with Gasteiger partial charge in [0.1, 0.15) is 6.54 Å². The van der Waals surface area contributed by atoms with E-state index in [1.807, 2.05) is 0 Å². The van der Waals surface area contributed by atoms with Gasteiger partial charge in [0.2, 0.25) is 5.91 Å². The van der Waals surface area contributed by atoms with Crippen molar-refractivity contribution in [3.8, 4) is 0 Å². The molecule has 0 saturated heterocycles. The monoisotopic (exact) mass is 184 g/mol. The van der Waals surface area contributed by atoms with Crippen molar-refractivity contribution < 1.29 is 9.72 Å². The maximum Gasteiger partial charge on any atom is 0.390 e. The van der Waals surface area contributed by atoms with Crippen LogP contribution in [0.1, 0.15) is 5.69 Å². The number of aryl methyl sites for hydroxylation is 1. The fraction of sp³-hybridized carbons (Fsp3) is 0.333. The van der Waals surface area contributed by atoms with Crippen LogP contribution < -0.4 is 5.73 Å². The Morgan fingerprint density at radius 2 is 2.46 bits per heavy atom. The Morgan fingerprint density at radius 1 is 1.85 bits per heavy atom. The van der Waals surface area contributed by atoms with Gasteiger partial charge in [-0.25, -0.2) is 0 Å². The highest BCUT2D eigenvalue weighted by atomic mass is 16.6. The van der Waals surface area contributed by atoms with E-state index in [4.69, 9.17) is 5.73 Å². The van der Waals surface area contributed by atoms with Crippen LogP contribution in [0.25, 0.3) is 0 Å². The smallest absolute Gasteiger partial charge is 0.368 e. The lowest BCUT2D eigenvalue weighted by molar-refractivity contribution is -0.389. The number of hydrogen-bond acceptors (Lipinski definition) is 4. The van der Waals surface area contributed by atoms with Gasteiger partial charge in [0.25, 0.3) is 0 Å². The SMILES string of the molecule is Cc1cc([N+](=O)[O-])nn1CC(N)=O. The Labute approximate surface area is 73.3 Å². The Morgan fingerprint density at radius 3 is 2.85 bits per heavy atom. The number of aromatic nitrogens is 2. The molecule has 1 amide bonds. The third kappa shape index (κ3) is 2.01. The molecule has 0 aliphatic heterocycles. The van der Waals surface area contributed by atoms with E-state index in [2.05, 4.69) is 5.10 Å². The Kier molecular flexibility index (Phi) is 2.27. The Hall–Kier alpha value is -1.92. The van der Waals surface area contributed by atoms with Crippen LogP contribution in [-0.4, -0.2) is 20.6 Å². The number of carbonyl (C=O) groups excluding carboxylic acids is 1. The molecule has 0 radical (unpaired) electrons. The minimum absolute atomic E-state index is 0.139. The lowest BCUT2D eigenvalue weighted by atomic mass is 10.4. The number of nitro groups is 1. The minimum atomic E-state index is -0.621. The van der Waals surface area contributed by atoms with E-state index in [9.17, 15) is 14.9 Å². The summed E-state index contributed by atoms with van der Waals surface area (Å²) in [7, 11) is 0. The number of primary amides is 1. The van der Waals surface area contributed by atoms with Crippen molar-refractivity contribution in [2.45, 2.75) is 13.5 Å². The second-order valence-electron chi connectivity index (χ2n) is 2.52. The van der Waals surface area contributed by atoms with Crippen molar-refractivity contribution in [2.75, 3.05) is 0 Å². The van der Waals surface area contributed by atoms with Gasteiger partial charge < -0.3 is 15.8 Å². The molecule has 0 saturated carbocycles. The second-order valence-corrected chi connectivity index (χ2v) is 2.52. The molecular weight excluding hydrogens is 176 g/mol. The highest BCUT2D eigenvalue weighted by Gasteiger charge is 2.15. The molecule has 7 heteroatoms. The summed E-state index contributed by atoms with van der Waals surface area (Å²) in [5.74, 6) is -0.861. The molecular formula is C6H8N4O3. The predicted molar refractivity (Wildman–Crippen MR) is 42.8 cm³/mol. The van der Waals surface area contributed by atoms with Gasteiger partial charge in [-0.1, -0.05) is 0 Å². The minimum Gasteiger partial charge on any atom is -0.368 e. The quantitative estimate of drug-likeness (QED) is 0.509. The van der Waals surface area contributed by atoms with Gasteiger partial charge in [-0.15, -0.1) is 0 Å². The Bertz CT molecular complexity index is 357. The van der Waals surface area contributed by atoms with E-state index < -0.39 is 10.8 Å². The summed E-state index contributed by atoms with van der Waals surface area (Å²) in [5.41, 5.74) is 5.44. The fourth-order valence-electron chi connectivity index (χ4n) is 0.890. The third-order valence-corrected chi connectivity index (χ3v) is 1.46. The van der Waals surface area contributed by atoms with Crippen LogP contribution in [0.3, 0.4) is 0 Å². The summed E-state index contributed by atoms with van der Waals surface area (Å²) in [5, 5.41) is 13.8. The van der Waals surface area contributed by atoms with Crippen molar-refractivity contribution >= 4 is 11.7 Å². The van der Waals surface area contributed by atoms with E-state index >= 15 is 0 Å². The van der Waals surface area contributed by atoms with Crippen LogP contribution in [0.15, 0.2) is 6.07 Å². The number of nitrogens with two attached hydrogens (primary N) is 1. The zero-order chi connectivity index (χ0) is 10.0. The lowest BCUT2D eigenvalue weighted by Crippen LogP contribution is -2.20. The summed E-state index contributed by atoms with van der Waals surface area (Å²) in [4.78, 5) is 20.1. The number of hydrogen-bond donors (Lipinski definition) is 1. The number of rotatable bonds is 3. The standard InChI is InChI=1S/C6H8N4O3/c1-4-2-6(10(12)13)8-9(4)3-5(7)11/h2H,3H2,1H3,(H2,7,11). The largest absolute Gasteiger partial charge is 0.390 e. The highest BCUT2D eigenvalue weighted by Crippen LogP contribution is 2.10. The molecule has 1 aromatic rings. The van der Waals surface area contributed by atoms with Crippen LogP contribution in [0.4, 0.5) is 5.82 Å². The molecule has 0 aromatic carbocycles. The summed E-state index contributed by atoms with van der Waals surface area (Å²) < 4.78 is 1.19. The number of nitrogens with zero attached hydrogens (tertiary/aromatic N) is 3. The Balaban J connectivity index is 2.96. The van der Waals surface area contributed by atoms with Crippen molar-refractivity contribution in [1.29, 1.82) is 0 Å². The summed E-state index contributed by atoms with van der Waals surface area (Å²) in [6, 6.07) is 1.28. The summed E-state index contributed by atoms with van der Waals surface area (Å²) in [6.07, 6.45) is 0. The van der Waals surface area contributed by atoms with E-state index in [1.54, 1.807) is 6.92 Å². The average molecular weight is 184 g/mol. The van der Waals surface area contributed by atoms with Crippen LogP contribution in [0.2, 0.25) is 0 Å². The van der Waals surface area contributed by atoms with Gasteiger partial charge in [-0.2, -0.15) is 4.68 Å². The van der Waals surface area contributed by atoms with Gasteiger partial charge in [0.05, 0.1) is 16.9 Å². The zero-order valence-electron chi connectivity index (χ0n) is 6.93. The summed E-state index contributed by atoms with van der Waals surface area (Å²) in [6.45, 7) is 1.47. The average Bonchev–Trinajstić information content (AvgIpc) is 2.31. The van der Waals surface area contributed by atoms with E-state index in [-0.39, 0.29) is 12.4 Å². The molecule has 0 atom stereocenters. The van der Waals surface area contributed by atoms with Gasteiger partial charge >= 0.3 is 5.82 Å². The molecule has 13 heavy (non-hydrogen) atoms. The normalized spacial score (nSPS) is 9.92. The van der Waals surface area contributed by atoms with Crippen molar-refractivity contribution in [3.05, 3.63) is 21.9 Å². The van der Waals surface area contributed by atoms with Crippen LogP contribution in [0.5, 0.6) is 0 Å². The predicted octanol–water partition coefficient (Wildman–Crippen LogP) is -0.415. The maximum absolute atomic E-state index is 10.5. The molecule has 0 aliphatic carbocycles. The number of carbonyl (C=O) groups is 1. The molecule has 7 nitrogen and oxygen atoms in total. The first-order valence-electron chi connectivity index (χ1n) is 3.48.